The molecule has 0 bridgehead atoms. The molecule has 6 heteroatoms. The van der Waals surface area contributed by atoms with Crippen LogP contribution in [0.25, 0.3) is 0 Å². The monoisotopic (exact) mass is 353 g/mol. The summed E-state index contributed by atoms with van der Waals surface area (Å²) in [5.74, 6) is -0.333. The summed E-state index contributed by atoms with van der Waals surface area (Å²) in [6, 6.07) is 14.1. The van der Waals surface area contributed by atoms with Gasteiger partial charge in [-0.25, -0.2) is 0 Å². The number of amides is 2. The minimum absolute atomic E-state index is 0.146. The van der Waals surface area contributed by atoms with E-state index in [2.05, 4.69) is 16.0 Å². The molecule has 3 N–H and O–H groups in total. The summed E-state index contributed by atoms with van der Waals surface area (Å²) in [5, 5.41) is 9.00. The Labute approximate surface area is 152 Å². The van der Waals surface area contributed by atoms with Gasteiger partial charge in [0.2, 0.25) is 5.91 Å². The number of rotatable bonds is 4. The van der Waals surface area contributed by atoms with Gasteiger partial charge < -0.3 is 20.7 Å². The zero-order valence-electron chi connectivity index (χ0n) is 14.9. The lowest BCUT2D eigenvalue weighted by Gasteiger charge is -2.29. The summed E-state index contributed by atoms with van der Waals surface area (Å²) < 4.78 is 5.52. The Bertz CT molecular complexity index is 792. The van der Waals surface area contributed by atoms with E-state index in [4.69, 9.17) is 4.74 Å². The van der Waals surface area contributed by atoms with Crippen LogP contribution < -0.4 is 16.0 Å². The van der Waals surface area contributed by atoms with Gasteiger partial charge in [-0.05, 0) is 43.7 Å². The zero-order valence-corrected chi connectivity index (χ0v) is 14.9. The van der Waals surface area contributed by atoms with Crippen LogP contribution in [0.4, 0.5) is 11.4 Å². The number of nitrogens with one attached hydrogen (secondary N) is 3. The maximum absolute atomic E-state index is 12.5. The second kappa shape index (κ2) is 8.12. The van der Waals surface area contributed by atoms with Gasteiger partial charge >= 0.3 is 0 Å². The number of carbonyl (C=O) groups is 2. The first kappa shape index (κ1) is 18.1. The van der Waals surface area contributed by atoms with Crippen molar-refractivity contribution in [3.8, 4) is 0 Å². The Morgan fingerprint density at radius 1 is 1.04 bits per heavy atom. The summed E-state index contributed by atoms with van der Waals surface area (Å²) in [7, 11) is 0. The molecule has 0 aliphatic carbocycles. The van der Waals surface area contributed by atoms with Crippen LogP contribution in [0.3, 0.4) is 0 Å². The van der Waals surface area contributed by atoms with Crippen molar-refractivity contribution in [2.45, 2.75) is 26.0 Å². The molecule has 2 atom stereocenters. The standard InChI is InChI=1S/C20H23N3O3/c1-13-16(22-19(24)15-7-4-3-5-8-15)9-6-10-17(13)23-20(25)18-14(2)26-12-11-21-18/h3-10,14,18,21H,11-12H2,1-2H3,(H,22,24)(H,23,25)/t14-,18+/m1/s1. The third kappa shape index (κ3) is 4.09. The molecule has 6 nitrogen and oxygen atoms in total. The molecular weight excluding hydrogens is 330 g/mol. The molecule has 0 radical (unpaired) electrons. The molecule has 3 rings (SSSR count). The summed E-state index contributed by atoms with van der Waals surface area (Å²) in [6.45, 7) is 4.99. The first-order chi connectivity index (χ1) is 12.6. The highest BCUT2D eigenvalue weighted by molar-refractivity contribution is 6.05. The second-order valence-corrected chi connectivity index (χ2v) is 6.30. The largest absolute Gasteiger partial charge is 0.375 e. The molecule has 2 aromatic rings. The lowest BCUT2D eigenvalue weighted by atomic mass is 10.1. The topological polar surface area (TPSA) is 79.5 Å². The van der Waals surface area contributed by atoms with Crippen molar-refractivity contribution in [3.63, 3.8) is 0 Å². The summed E-state index contributed by atoms with van der Waals surface area (Å²) >= 11 is 0. The quantitative estimate of drug-likeness (QED) is 0.789. The van der Waals surface area contributed by atoms with Gasteiger partial charge in [0.25, 0.3) is 5.91 Å². The highest BCUT2D eigenvalue weighted by Gasteiger charge is 2.28. The Morgan fingerprint density at radius 3 is 2.42 bits per heavy atom. The van der Waals surface area contributed by atoms with Crippen LogP contribution in [0.15, 0.2) is 48.5 Å². The Kier molecular flexibility index (Phi) is 5.65. The van der Waals surface area contributed by atoms with Gasteiger partial charge in [0.1, 0.15) is 6.04 Å². The summed E-state index contributed by atoms with van der Waals surface area (Å²) in [5.41, 5.74) is 2.71. The minimum Gasteiger partial charge on any atom is -0.375 e. The van der Waals surface area contributed by atoms with Crippen molar-refractivity contribution in [1.29, 1.82) is 0 Å². The van der Waals surface area contributed by atoms with Gasteiger partial charge in [-0.1, -0.05) is 24.3 Å². The highest BCUT2D eigenvalue weighted by Crippen LogP contribution is 2.24. The van der Waals surface area contributed by atoms with E-state index >= 15 is 0 Å². The fraction of sp³-hybridized carbons (Fsp3) is 0.300. The molecule has 26 heavy (non-hydrogen) atoms. The van der Waals surface area contributed by atoms with Gasteiger partial charge in [-0.2, -0.15) is 0 Å². The average molecular weight is 353 g/mol. The van der Waals surface area contributed by atoms with Gasteiger partial charge in [-0.3, -0.25) is 9.59 Å². The molecular formula is C20H23N3O3. The van der Waals surface area contributed by atoms with E-state index in [0.29, 0.717) is 30.1 Å². The molecule has 2 aromatic carbocycles. The van der Waals surface area contributed by atoms with E-state index in [1.807, 2.05) is 44.2 Å². The van der Waals surface area contributed by atoms with Crippen molar-refractivity contribution in [1.82, 2.24) is 5.32 Å². The Morgan fingerprint density at radius 2 is 1.73 bits per heavy atom. The second-order valence-electron chi connectivity index (χ2n) is 6.30. The smallest absolute Gasteiger partial charge is 0.255 e. The molecule has 0 spiro atoms. The third-order valence-electron chi connectivity index (χ3n) is 4.47. The predicted molar refractivity (Wildman–Crippen MR) is 101 cm³/mol. The lowest BCUT2D eigenvalue weighted by molar-refractivity contribution is -0.123. The number of carbonyl (C=O) groups excluding carboxylic acids is 2. The summed E-state index contributed by atoms with van der Waals surface area (Å²) in [4.78, 5) is 24.9. The molecule has 0 unspecified atom stereocenters. The van der Waals surface area contributed by atoms with Crippen molar-refractivity contribution >= 4 is 23.2 Å². The van der Waals surface area contributed by atoms with Crippen LogP contribution in [0.5, 0.6) is 0 Å². The van der Waals surface area contributed by atoms with E-state index in [1.54, 1.807) is 18.2 Å². The van der Waals surface area contributed by atoms with E-state index in [1.165, 1.54) is 0 Å². The predicted octanol–water partition coefficient (Wildman–Crippen LogP) is 2.56. The van der Waals surface area contributed by atoms with Crippen LogP contribution in [0.2, 0.25) is 0 Å². The average Bonchev–Trinajstić information content (AvgIpc) is 2.66. The van der Waals surface area contributed by atoms with Gasteiger partial charge in [0, 0.05) is 23.5 Å². The maximum atomic E-state index is 12.5. The SMILES string of the molecule is Cc1c(NC(=O)c2ccccc2)cccc1NC(=O)[C@H]1NCCO[C@@H]1C. The zero-order chi connectivity index (χ0) is 18.5. The van der Waals surface area contributed by atoms with Crippen molar-refractivity contribution < 1.29 is 14.3 Å². The van der Waals surface area contributed by atoms with Crippen LogP contribution >= 0.6 is 0 Å². The highest BCUT2D eigenvalue weighted by atomic mass is 16.5. The first-order valence-electron chi connectivity index (χ1n) is 8.68. The molecule has 0 saturated carbocycles. The molecule has 2 amide bonds. The molecule has 1 aliphatic rings. The van der Waals surface area contributed by atoms with Crippen LogP contribution in [0.1, 0.15) is 22.8 Å². The van der Waals surface area contributed by atoms with Crippen molar-refractivity contribution in [3.05, 3.63) is 59.7 Å². The number of hydrogen-bond acceptors (Lipinski definition) is 4. The minimum atomic E-state index is -0.397. The third-order valence-corrected chi connectivity index (χ3v) is 4.47. The Balaban J connectivity index is 1.73. The molecule has 136 valence electrons. The normalized spacial score (nSPS) is 19.6. The number of benzene rings is 2. The fourth-order valence-corrected chi connectivity index (χ4v) is 2.93. The van der Waals surface area contributed by atoms with Gasteiger partial charge in [-0.15, -0.1) is 0 Å². The number of anilines is 2. The first-order valence-corrected chi connectivity index (χ1v) is 8.68. The lowest BCUT2D eigenvalue weighted by Crippen LogP contribution is -2.53. The number of morpholine rings is 1. The molecule has 1 saturated heterocycles. The molecule has 1 aliphatic heterocycles. The van der Waals surface area contributed by atoms with Gasteiger partial charge in [0.15, 0.2) is 0 Å². The van der Waals surface area contributed by atoms with Gasteiger partial charge in [0.05, 0.1) is 12.7 Å². The Hall–Kier alpha value is -2.70. The van der Waals surface area contributed by atoms with E-state index in [0.717, 1.165) is 5.56 Å². The molecule has 1 heterocycles. The number of ether oxygens (including phenoxy) is 1. The molecule has 1 fully saturated rings. The van der Waals surface area contributed by atoms with Crippen molar-refractivity contribution in [2.75, 3.05) is 23.8 Å². The summed E-state index contributed by atoms with van der Waals surface area (Å²) in [6.07, 6.45) is -0.190. The maximum Gasteiger partial charge on any atom is 0.255 e. The van der Waals surface area contributed by atoms with Crippen LogP contribution in [-0.2, 0) is 9.53 Å². The van der Waals surface area contributed by atoms with Crippen LogP contribution in [0, 0.1) is 6.92 Å². The van der Waals surface area contributed by atoms with E-state index in [9.17, 15) is 9.59 Å². The van der Waals surface area contributed by atoms with Crippen LogP contribution in [-0.4, -0.2) is 37.1 Å². The molecule has 0 aromatic heterocycles. The number of hydrogen-bond donors (Lipinski definition) is 3. The van der Waals surface area contributed by atoms with Crippen molar-refractivity contribution in [2.24, 2.45) is 0 Å². The fourth-order valence-electron chi connectivity index (χ4n) is 2.93. The van der Waals surface area contributed by atoms with E-state index in [-0.39, 0.29) is 17.9 Å². The van der Waals surface area contributed by atoms with E-state index < -0.39 is 6.04 Å².